The molecule has 1 aromatic carbocycles. The molecule has 12 heteroatoms. The maximum atomic E-state index is 14.0. The molecule has 1 amide bonds. The van der Waals surface area contributed by atoms with Crippen molar-refractivity contribution in [3.8, 4) is 11.3 Å². The number of alkyl halides is 5. The molecule has 41 heavy (non-hydrogen) atoms. The summed E-state index contributed by atoms with van der Waals surface area (Å²) < 4.78 is 69.1. The van der Waals surface area contributed by atoms with Gasteiger partial charge >= 0.3 is 6.18 Å². The molecule has 1 saturated heterocycles. The second kappa shape index (κ2) is 11.0. The van der Waals surface area contributed by atoms with Crippen LogP contribution in [0.3, 0.4) is 0 Å². The Labute approximate surface area is 235 Å². The summed E-state index contributed by atoms with van der Waals surface area (Å²) in [6.45, 7) is -0.761. The highest BCUT2D eigenvalue weighted by Gasteiger charge is 2.40. The Morgan fingerprint density at radius 2 is 1.88 bits per heavy atom. The third-order valence-corrected chi connectivity index (χ3v) is 7.87. The maximum Gasteiger partial charge on any atom is 0.417 e. The number of allylic oxidation sites excluding steroid dienone is 1. The molecule has 1 aliphatic heterocycles. The zero-order valence-electron chi connectivity index (χ0n) is 21.4. The largest absolute Gasteiger partial charge is 0.417 e. The lowest BCUT2D eigenvalue weighted by molar-refractivity contribution is -0.136. The van der Waals surface area contributed by atoms with Crippen LogP contribution < -0.4 is 5.73 Å². The topological polar surface area (TPSA) is 89.2 Å². The van der Waals surface area contributed by atoms with Crippen molar-refractivity contribution in [1.29, 1.82) is 0 Å². The number of nitrogen functional groups attached to an aromatic ring is 1. The Hall–Kier alpha value is -4.19. The Morgan fingerprint density at radius 3 is 2.51 bits per heavy atom. The van der Waals surface area contributed by atoms with Crippen LogP contribution in [0, 0.1) is 0 Å². The second-order valence-electron chi connectivity index (χ2n) is 9.73. The van der Waals surface area contributed by atoms with E-state index in [0.29, 0.717) is 21.6 Å². The predicted molar refractivity (Wildman–Crippen MR) is 147 cm³/mol. The lowest BCUT2D eigenvalue weighted by Crippen LogP contribution is -2.31. The number of fused-ring (bicyclic) bond motifs is 1. The van der Waals surface area contributed by atoms with E-state index in [0.717, 1.165) is 22.3 Å². The first-order valence-corrected chi connectivity index (χ1v) is 13.4. The summed E-state index contributed by atoms with van der Waals surface area (Å²) in [6.07, 6.45) is 1.02. The van der Waals surface area contributed by atoms with E-state index >= 15 is 0 Å². The number of benzene rings is 1. The minimum atomic E-state index is -4.64. The van der Waals surface area contributed by atoms with Gasteiger partial charge in [0.15, 0.2) is 5.78 Å². The van der Waals surface area contributed by atoms with E-state index in [9.17, 15) is 31.5 Å². The first-order valence-electron chi connectivity index (χ1n) is 12.6. The van der Waals surface area contributed by atoms with Crippen LogP contribution in [0.15, 0.2) is 60.9 Å². The van der Waals surface area contributed by atoms with E-state index in [1.165, 1.54) is 30.6 Å². The standard InChI is InChI=1S/C29H23F5N4O2S/c30-28(31)9-10-38(16-28)27(40)18-3-7-24(36-15-18)19-11-20-12-22(41-26(20)23(13-19)29(32,33)34)6-5-21(39)4-1-17-2-8-25(35)37-14-17/h1-4,7-8,11-15H,5-6,9-10,16H2,(H2,35,37)/b4-1+. The van der Waals surface area contributed by atoms with Crippen LogP contribution in [0.2, 0.25) is 0 Å². The molecule has 0 saturated carbocycles. The molecule has 6 nitrogen and oxygen atoms in total. The number of hydrogen-bond acceptors (Lipinski definition) is 6. The van der Waals surface area contributed by atoms with Crippen LogP contribution >= 0.6 is 11.3 Å². The molecule has 0 atom stereocenters. The number of carbonyl (C=O) groups is 2. The van der Waals surface area contributed by atoms with Gasteiger partial charge in [0.25, 0.3) is 11.8 Å². The summed E-state index contributed by atoms with van der Waals surface area (Å²) >= 11 is 0.981. The summed E-state index contributed by atoms with van der Waals surface area (Å²) in [5.41, 5.74) is 5.88. The van der Waals surface area contributed by atoms with E-state index in [-0.39, 0.29) is 46.7 Å². The Morgan fingerprint density at radius 1 is 1.07 bits per heavy atom. The van der Waals surface area contributed by atoms with Gasteiger partial charge in [-0.05, 0) is 72.0 Å². The molecule has 0 unspecified atom stereocenters. The van der Waals surface area contributed by atoms with E-state index < -0.39 is 36.5 Å². The molecule has 0 bridgehead atoms. The Balaban J connectivity index is 1.34. The van der Waals surface area contributed by atoms with Crippen molar-refractivity contribution in [2.75, 3.05) is 18.8 Å². The monoisotopic (exact) mass is 586 g/mol. The fourth-order valence-corrected chi connectivity index (χ4v) is 5.68. The molecule has 5 rings (SSSR count). The molecule has 0 aliphatic carbocycles. The number of rotatable bonds is 7. The van der Waals surface area contributed by atoms with Gasteiger partial charge in [0.2, 0.25) is 0 Å². The molecule has 3 aromatic heterocycles. The van der Waals surface area contributed by atoms with Crippen LogP contribution in [-0.4, -0.2) is 45.6 Å². The molecule has 0 spiro atoms. The van der Waals surface area contributed by atoms with Crippen molar-refractivity contribution in [3.63, 3.8) is 0 Å². The summed E-state index contributed by atoms with van der Waals surface area (Å²) in [7, 11) is 0. The molecule has 2 N–H and O–H groups in total. The summed E-state index contributed by atoms with van der Waals surface area (Å²) in [5, 5.41) is 0.354. The van der Waals surface area contributed by atoms with Crippen LogP contribution in [0.25, 0.3) is 27.4 Å². The Kier molecular flexibility index (Phi) is 7.60. The van der Waals surface area contributed by atoms with Gasteiger partial charge in [-0.25, -0.2) is 13.8 Å². The van der Waals surface area contributed by atoms with Crippen molar-refractivity contribution >= 4 is 45.0 Å². The molecule has 4 heterocycles. The van der Waals surface area contributed by atoms with Crippen LogP contribution in [0.1, 0.15) is 39.2 Å². The van der Waals surface area contributed by atoms with Crippen LogP contribution in [0.5, 0.6) is 0 Å². The predicted octanol–water partition coefficient (Wildman–Crippen LogP) is 6.66. The smallest absolute Gasteiger partial charge is 0.384 e. The number of amides is 1. The van der Waals surface area contributed by atoms with Gasteiger partial charge in [-0.15, -0.1) is 11.3 Å². The third-order valence-electron chi connectivity index (χ3n) is 6.62. The van der Waals surface area contributed by atoms with Crippen molar-refractivity contribution in [1.82, 2.24) is 14.9 Å². The number of thiophene rings is 1. The maximum absolute atomic E-state index is 14.0. The van der Waals surface area contributed by atoms with Crippen molar-refractivity contribution in [2.24, 2.45) is 0 Å². The van der Waals surface area contributed by atoms with Crippen LogP contribution in [0.4, 0.5) is 27.8 Å². The highest BCUT2D eigenvalue weighted by molar-refractivity contribution is 7.19. The minimum Gasteiger partial charge on any atom is -0.384 e. The number of halogens is 5. The third kappa shape index (κ3) is 6.59. The number of aromatic nitrogens is 2. The number of pyridine rings is 2. The summed E-state index contributed by atoms with van der Waals surface area (Å²) in [6, 6.07) is 10.3. The number of hydrogen-bond donors (Lipinski definition) is 1. The number of ketones is 1. The van der Waals surface area contributed by atoms with Gasteiger partial charge in [-0.3, -0.25) is 14.6 Å². The van der Waals surface area contributed by atoms with Crippen molar-refractivity contribution in [2.45, 2.75) is 31.4 Å². The van der Waals surface area contributed by atoms with Crippen molar-refractivity contribution < 1.29 is 31.5 Å². The molecular formula is C29H23F5N4O2S. The van der Waals surface area contributed by atoms with E-state index in [4.69, 9.17) is 5.73 Å². The first kappa shape index (κ1) is 28.3. The van der Waals surface area contributed by atoms with Gasteiger partial charge in [0.05, 0.1) is 23.4 Å². The molecule has 212 valence electrons. The normalized spacial score (nSPS) is 15.2. The second-order valence-corrected chi connectivity index (χ2v) is 10.9. The van der Waals surface area contributed by atoms with Gasteiger partial charge < -0.3 is 10.6 Å². The quantitative estimate of drug-likeness (QED) is 0.193. The first-order chi connectivity index (χ1) is 19.4. The lowest BCUT2D eigenvalue weighted by atomic mass is 10.0. The number of anilines is 1. The minimum absolute atomic E-state index is 0.0500. The van der Waals surface area contributed by atoms with E-state index in [2.05, 4.69) is 9.97 Å². The number of nitrogens with two attached hydrogens (primary N) is 1. The average molecular weight is 587 g/mol. The molecule has 1 aliphatic rings. The van der Waals surface area contributed by atoms with E-state index in [1.807, 2.05) is 0 Å². The fraction of sp³-hybridized carbons (Fsp3) is 0.241. The molecule has 1 fully saturated rings. The van der Waals surface area contributed by atoms with Crippen LogP contribution in [-0.2, 0) is 17.4 Å². The number of carbonyl (C=O) groups excluding carboxylic acids is 2. The number of aryl methyl sites for hydroxylation is 1. The zero-order valence-corrected chi connectivity index (χ0v) is 22.2. The molecule has 4 aromatic rings. The lowest BCUT2D eigenvalue weighted by Gasteiger charge is -2.16. The SMILES string of the molecule is Nc1ccc(/C=C/C(=O)CCc2cc3cc(-c4ccc(C(=O)N5CCC(F)(F)C5)cn4)cc(C(F)(F)F)c3s2)cn1. The highest BCUT2D eigenvalue weighted by atomic mass is 32.1. The fourth-order valence-electron chi connectivity index (χ4n) is 4.51. The number of likely N-dealkylation sites (tertiary alicyclic amines) is 1. The zero-order chi connectivity index (χ0) is 29.4. The van der Waals surface area contributed by atoms with Crippen molar-refractivity contribution in [3.05, 3.63) is 82.5 Å². The summed E-state index contributed by atoms with van der Waals surface area (Å²) in [4.78, 5) is 34.7. The molecular weight excluding hydrogens is 563 g/mol. The van der Waals surface area contributed by atoms with E-state index in [1.54, 1.807) is 30.3 Å². The number of nitrogens with zero attached hydrogens (tertiary/aromatic N) is 3. The van der Waals surface area contributed by atoms with Gasteiger partial charge in [-0.1, -0.05) is 0 Å². The molecule has 0 radical (unpaired) electrons. The Bertz CT molecular complexity index is 1630. The average Bonchev–Trinajstić information content (AvgIpc) is 3.52. The van der Waals surface area contributed by atoms with Gasteiger partial charge in [0.1, 0.15) is 5.82 Å². The highest BCUT2D eigenvalue weighted by Crippen LogP contribution is 2.41. The van der Waals surface area contributed by atoms with Gasteiger partial charge in [0, 0.05) is 46.9 Å². The van der Waals surface area contributed by atoms with Gasteiger partial charge in [-0.2, -0.15) is 13.2 Å². The summed E-state index contributed by atoms with van der Waals surface area (Å²) in [5.74, 6) is -3.38.